The second-order valence-corrected chi connectivity index (χ2v) is 5.06. The number of hydrogen-bond acceptors (Lipinski definition) is 5. The molecule has 1 aromatic carbocycles. The molecule has 4 amide bonds. The van der Waals surface area contributed by atoms with Crippen LogP contribution in [0.2, 0.25) is 0 Å². The first-order valence-electron chi connectivity index (χ1n) is 7.14. The van der Waals surface area contributed by atoms with E-state index >= 15 is 0 Å². The molecule has 0 N–H and O–H groups in total. The number of ether oxygens (including phenoxy) is 1. The van der Waals surface area contributed by atoms with E-state index in [1.54, 1.807) is 0 Å². The largest absolute Gasteiger partial charge is 0.465 e. The number of halogens is 3. The molecular weight excluding hydrogens is 345 g/mol. The molecule has 2 rings (SSSR count). The summed E-state index contributed by atoms with van der Waals surface area (Å²) in [6.07, 6.45) is -4.51. The quantitative estimate of drug-likeness (QED) is 0.453. The Bertz CT molecular complexity index is 715. The zero-order valence-corrected chi connectivity index (χ0v) is 13.0. The smallest absolute Gasteiger partial charge is 0.416 e. The molecule has 10 heteroatoms. The van der Waals surface area contributed by atoms with E-state index in [1.807, 2.05) is 0 Å². The molecule has 0 saturated carbocycles. The van der Waals surface area contributed by atoms with Gasteiger partial charge < -0.3 is 4.74 Å². The Kier molecular flexibility index (Phi) is 5.10. The molecule has 1 aliphatic heterocycles. The maximum atomic E-state index is 12.5. The summed E-state index contributed by atoms with van der Waals surface area (Å²) in [6, 6.07) is 2.78. The lowest BCUT2D eigenvalue weighted by molar-refractivity contribution is -0.148. The number of alkyl halides is 3. The molecule has 0 aromatic heterocycles. The Morgan fingerprint density at radius 2 is 1.60 bits per heavy atom. The lowest BCUT2D eigenvalue weighted by atomic mass is 10.1. The van der Waals surface area contributed by atoms with Crippen LogP contribution in [0.5, 0.6) is 0 Å². The molecule has 1 fully saturated rings. The molecule has 1 aromatic rings. The van der Waals surface area contributed by atoms with E-state index < -0.39 is 42.1 Å². The number of hydrogen-bond donors (Lipinski definition) is 0. The fraction of sp³-hybridized carbons (Fsp3) is 0.333. The molecule has 1 saturated heterocycles. The number of imide groups is 2. The normalized spacial score (nSPS) is 15.1. The van der Waals surface area contributed by atoms with E-state index in [0.717, 1.165) is 24.3 Å². The van der Waals surface area contributed by atoms with Crippen molar-refractivity contribution < 1.29 is 37.1 Å². The van der Waals surface area contributed by atoms with Crippen molar-refractivity contribution in [1.29, 1.82) is 0 Å². The molecule has 0 aliphatic carbocycles. The predicted octanol–water partition coefficient (Wildman–Crippen LogP) is 1.56. The van der Waals surface area contributed by atoms with Crippen molar-refractivity contribution in [3.63, 3.8) is 0 Å². The van der Waals surface area contributed by atoms with Crippen molar-refractivity contribution >= 4 is 23.8 Å². The number of carbonyl (C=O) groups excluding carboxylic acids is 4. The molecule has 134 valence electrons. The van der Waals surface area contributed by atoms with Gasteiger partial charge in [-0.05, 0) is 24.6 Å². The second kappa shape index (κ2) is 6.91. The van der Waals surface area contributed by atoms with Crippen molar-refractivity contribution in [1.82, 2.24) is 9.80 Å². The van der Waals surface area contributed by atoms with Crippen LogP contribution in [-0.2, 0) is 31.8 Å². The molecule has 0 unspecified atom stereocenters. The van der Waals surface area contributed by atoms with Gasteiger partial charge in [-0.25, -0.2) is 9.69 Å². The van der Waals surface area contributed by atoms with E-state index in [4.69, 9.17) is 0 Å². The van der Waals surface area contributed by atoms with Crippen molar-refractivity contribution in [2.24, 2.45) is 0 Å². The molecule has 25 heavy (non-hydrogen) atoms. The number of rotatable bonds is 5. The maximum absolute atomic E-state index is 12.5. The number of carbonyl (C=O) groups is 4. The Morgan fingerprint density at radius 1 is 1.04 bits per heavy atom. The maximum Gasteiger partial charge on any atom is 0.416 e. The fourth-order valence-electron chi connectivity index (χ4n) is 2.15. The Labute approximate surface area is 139 Å². The van der Waals surface area contributed by atoms with Crippen molar-refractivity contribution in [2.75, 3.05) is 13.2 Å². The highest BCUT2D eigenvalue weighted by molar-refractivity contribution is 6.44. The fourth-order valence-corrected chi connectivity index (χ4v) is 2.15. The molecule has 1 aliphatic rings. The highest BCUT2D eigenvalue weighted by Crippen LogP contribution is 2.29. The second-order valence-electron chi connectivity index (χ2n) is 5.06. The third kappa shape index (κ3) is 3.95. The highest BCUT2D eigenvalue weighted by atomic mass is 19.4. The van der Waals surface area contributed by atoms with Gasteiger partial charge in [-0.3, -0.25) is 19.3 Å². The van der Waals surface area contributed by atoms with Gasteiger partial charge >= 0.3 is 30.0 Å². The van der Waals surface area contributed by atoms with Crippen LogP contribution in [0.1, 0.15) is 18.1 Å². The summed E-state index contributed by atoms with van der Waals surface area (Å²) in [5.74, 6) is -3.20. The molecule has 1 heterocycles. The van der Waals surface area contributed by atoms with Crippen LogP contribution < -0.4 is 0 Å². The van der Waals surface area contributed by atoms with Crippen molar-refractivity contribution in [2.45, 2.75) is 19.6 Å². The summed E-state index contributed by atoms with van der Waals surface area (Å²) < 4.78 is 42.2. The third-order valence-corrected chi connectivity index (χ3v) is 3.35. The highest BCUT2D eigenvalue weighted by Gasteiger charge is 2.45. The van der Waals surface area contributed by atoms with Gasteiger partial charge in [0.05, 0.1) is 18.7 Å². The van der Waals surface area contributed by atoms with E-state index in [9.17, 15) is 32.3 Å². The summed E-state index contributed by atoms with van der Waals surface area (Å²) in [6.45, 7) is 0.480. The van der Waals surface area contributed by atoms with Crippen molar-refractivity contribution in [3.05, 3.63) is 35.4 Å². The molecule has 0 atom stereocenters. The van der Waals surface area contributed by atoms with Crippen molar-refractivity contribution in [3.8, 4) is 0 Å². The lowest BCUT2D eigenvalue weighted by Gasteiger charge is -2.15. The van der Waals surface area contributed by atoms with Crippen LogP contribution in [0.15, 0.2) is 24.3 Å². The van der Waals surface area contributed by atoms with Gasteiger partial charge in [-0.15, -0.1) is 0 Å². The Balaban J connectivity index is 2.12. The SMILES string of the molecule is CCOC(=O)CN1C(=O)C(=O)N(Cc2ccc(C(F)(F)F)cc2)C1=O. The molecule has 0 spiro atoms. The van der Waals surface area contributed by atoms with Gasteiger partial charge in [-0.2, -0.15) is 13.2 Å². The van der Waals surface area contributed by atoms with Crippen LogP contribution in [0.3, 0.4) is 0 Å². The van der Waals surface area contributed by atoms with Crippen LogP contribution in [0, 0.1) is 0 Å². The minimum Gasteiger partial charge on any atom is -0.465 e. The monoisotopic (exact) mass is 358 g/mol. The van der Waals surface area contributed by atoms with Crippen LogP contribution in [-0.4, -0.2) is 46.8 Å². The number of nitrogens with zero attached hydrogens (tertiary/aromatic N) is 2. The molecular formula is C15H13F3N2O5. The molecule has 0 bridgehead atoms. The molecule has 7 nitrogen and oxygen atoms in total. The van der Waals surface area contributed by atoms with Gasteiger partial charge in [0.15, 0.2) is 0 Å². The van der Waals surface area contributed by atoms with E-state index in [-0.39, 0.29) is 18.7 Å². The number of amides is 4. The average molecular weight is 358 g/mol. The summed E-state index contributed by atoms with van der Waals surface area (Å²) >= 11 is 0. The third-order valence-electron chi connectivity index (χ3n) is 3.35. The zero-order valence-electron chi connectivity index (χ0n) is 13.0. The predicted molar refractivity (Wildman–Crippen MR) is 75.7 cm³/mol. The zero-order chi connectivity index (χ0) is 18.8. The first kappa shape index (κ1) is 18.4. The summed E-state index contributed by atoms with van der Waals surface area (Å²) in [5, 5.41) is 0. The lowest BCUT2D eigenvalue weighted by Crippen LogP contribution is -2.37. The summed E-state index contributed by atoms with van der Waals surface area (Å²) in [5.41, 5.74) is -0.657. The minimum absolute atomic E-state index is 0.0399. The minimum atomic E-state index is -4.51. The topological polar surface area (TPSA) is 84.0 Å². The van der Waals surface area contributed by atoms with E-state index in [2.05, 4.69) is 4.74 Å². The van der Waals surface area contributed by atoms with Gasteiger partial charge in [0, 0.05) is 0 Å². The van der Waals surface area contributed by atoms with Gasteiger partial charge in [0.1, 0.15) is 6.54 Å². The standard InChI is InChI=1S/C15H13F3N2O5/c1-2-25-11(21)8-20-13(23)12(22)19(14(20)24)7-9-3-5-10(6-4-9)15(16,17)18/h3-6H,2,7-8H2,1H3. The van der Waals surface area contributed by atoms with Gasteiger partial charge in [0.25, 0.3) is 0 Å². The van der Waals surface area contributed by atoms with Crippen LogP contribution in [0.25, 0.3) is 0 Å². The number of benzene rings is 1. The van der Waals surface area contributed by atoms with E-state index in [0.29, 0.717) is 9.80 Å². The average Bonchev–Trinajstić information content (AvgIpc) is 2.73. The first-order valence-corrected chi connectivity index (χ1v) is 7.14. The van der Waals surface area contributed by atoms with Crippen LogP contribution >= 0.6 is 0 Å². The van der Waals surface area contributed by atoms with E-state index in [1.165, 1.54) is 6.92 Å². The Morgan fingerprint density at radius 3 is 2.12 bits per heavy atom. The van der Waals surface area contributed by atoms with Gasteiger partial charge in [-0.1, -0.05) is 12.1 Å². The Hall–Kier alpha value is -2.91. The summed E-state index contributed by atoms with van der Waals surface area (Å²) in [4.78, 5) is 48.2. The summed E-state index contributed by atoms with van der Waals surface area (Å²) in [7, 11) is 0. The van der Waals surface area contributed by atoms with Crippen LogP contribution in [0.4, 0.5) is 18.0 Å². The number of urea groups is 1. The number of esters is 1. The van der Waals surface area contributed by atoms with Gasteiger partial charge in [0.2, 0.25) is 0 Å². The first-order chi connectivity index (χ1) is 11.6. The molecule has 0 radical (unpaired) electrons.